The van der Waals surface area contributed by atoms with Gasteiger partial charge in [0.05, 0.1) is 5.69 Å². The maximum atomic E-state index is 6.30. The molecule has 2 aromatic carbocycles. The summed E-state index contributed by atoms with van der Waals surface area (Å²) in [5.41, 5.74) is 7.63. The second-order valence-corrected chi connectivity index (χ2v) is 10.3. The fourth-order valence-corrected chi connectivity index (χ4v) is 5.56. The molecule has 1 fully saturated rings. The molecular formula is C29H28N2O. The standard InChI is InChI=1S/C29H28N2O/c1-17-13-24-23-7-5-18(2)31-28(23)32-27(24)25(14-17)26-22-8-6-19(15-20(22)10-12-30-26)21-9-11-29(3,4)16-21/h5-8,10,12-15,21H,9,11,16H2,1-4H3. The first-order valence-corrected chi connectivity index (χ1v) is 11.6. The molecule has 3 heteroatoms. The zero-order valence-corrected chi connectivity index (χ0v) is 19.2. The predicted octanol–water partition coefficient (Wildman–Crippen LogP) is 8.11. The van der Waals surface area contributed by atoms with Gasteiger partial charge in [-0.25, -0.2) is 4.98 Å². The Morgan fingerprint density at radius 2 is 1.78 bits per heavy atom. The van der Waals surface area contributed by atoms with E-state index in [-0.39, 0.29) is 0 Å². The van der Waals surface area contributed by atoms with Crippen LogP contribution in [0.15, 0.2) is 59.1 Å². The van der Waals surface area contributed by atoms with Gasteiger partial charge in [0.1, 0.15) is 5.58 Å². The first-order chi connectivity index (χ1) is 15.4. The van der Waals surface area contributed by atoms with Gasteiger partial charge in [0, 0.05) is 33.6 Å². The van der Waals surface area contributed by atoms with Crippen molar-refractivity contribution in [3.63, 3.8) is 0 Å². The molecule has 32 heavy (non-hydrogen) atoms. The number of aryl methyl sites for hydroxylation is 2. The smallest absolute Gasteiger partial charge is 0.227 e. The molecular weight excluding hydrogens is 392 g/mol. The van der Waals surface area contributed by atoms with Crippen molar-refractivity contribution in [1.82, 2.24) is 9.97 Å². The molecule has 1 aliphatic rings. The lowest BCUT2D eigenvalue weighted by Crippen LogP contribution is -2.04. The van der Waals surface area contributed by atoms with Crippen molar-refractivity contribution in [3.8, 4) is 11.3 Å². The first-order valence-electron chi connectivity index (χ1n) is 11.6. The Kier molecular flexibility index (Phi) is 4.20. The topological polar surface area (TPSA) is 38.9 Å². The van der Waals surface area contributed by atoms with E-state index in [1.54, 1.807) is 0 Å². The molecule has 1 saturated carbocycles. The van der Waals surface area contributed by atoms with Gasteiger partial charge in [-0.15, -0.1) is 0 Å². The van der Waals surface area contributed by atoms with Crippen LogP contribution in [-0.2, 0) is 0 Å². The van der Waals surface area contributed by atoms with Gasteiger partial charge in [0.2, 0.25) is 5.71 Å². The summed E-state index contributed by atoms with van der Waals surface area (Å²) in [6.07, 6.45) is 5.78. The van der Waals surface area contributed by atoms with Gasteiger partial charge in [-0.05, 0) is 91.3 Å². The highest BCUT2D eigenvalue weighted by Crippen LogP contribution is 2.46. The fraction of sp³-hybridized carbons (Fsp3) is 0.310. The van der Waals surface area contributed by atoms with Gasteiger partial charge in [-0.2, -0.15) is 0 Å². The van der Waals surface area contributed by atoms with Crippen molar-refractivity contribution in [2.24, 2.45) is 5.41 Å². The summed E-state index contributed by atoms with van der Waals surface area (Å²) in [6.45, 7) is 8.91. The zero-order valence-electron chi connectivity index (χ0n) is 19.2. The molecule has 3 nitrogen and oxygen atoms in total. The number of fused-ring (bicyclic) bond motifs is 4. The monoisotopic (exact) mass is 420 g/mol. The van der Waals surface area contributed by atoms with Crippen molar-refractivity contribution in [2.45, 2.75) is 52.9 Å². The van der Waals surface area contributed by atoms with E-state index < -0.39 is 0 Å². The Morgan fingerprint density at radius 1 is 0.938 bits per heavy atom. The number of furan rings is 1. The van der Waals surface area contributed by atoms with E-state index in [0.717, 1.165) is 33.3 Å². The largest absolute Gasteiger partial charge is 0.437 e. The molecule has 160 valence electrons. The van der Waals surface area contributed by atoms with Gasteiger partial charge >= 0.3 is 0 Å². The fourth-order valence-electron chi connectivity index (χ4n) is 5.56. The second kappa shape index (κ2) is 6.90. The van der Waals surface area contributed by atoms with Crippen LogP contribution in [0.4, 0.5) is 0 Å². The molecule has 3 heterocycles. The minimum absolute atomic E-state index is 0.448. The molecule has 0 spiro atoms. The second-order valence-electron chi connectivity index (χ2n) is 10.3. The minimum atomic E-state index is 0.448. The molecule has 0 bridgehead atoms. The lowest BCUT2D eigenvalue weighted by atomic mass is 9.88. The third kappa shape index (κ3) is 3.10. The molecule has 0 radical (unpaired) electrons. The van der Waals surface area contributed by atoms with Crippen LogP contribution in [0, 0.1) is 19.3 Å². The first kappa shape index (κ1) is 19.5. The van der Waals surface area contributed by atoms with E-state index in [2.05, 4.69) is 68.2 Å². The predicted molar refractivity (Wildman–Crippen MR) is 132 cm³/mol. The highest BCUT2D eigenvalue weighted by atomic mass is 16.3. The lowest BCUT2D eigenvalue weighted by molar-refractivity contribution is 0.376. The SMILES string of the molecule is Cc1cc(-c2nccc3cc(C4CCC(C)(C)C4)ccc23)c2oc3nc(C)ccc3c2c1. The van der Waals surface area contributed by atoms with Crippen LogP contribution in [0.1, 0.15) is 55.8 Å². The number of hydrogen-bond acceptors (Lipinski definition) is 3. The van der Waals surface area contributed by atoms with Crippen LogP contribution in [-0.4, -0.2) is 9.97 Å². The molecule has 1 unspecified atom stereocenters. The molecule has 5 aromatic rings. The molecule has 0 amide bonds. The van der Waals surface area contributed by atoms with Crippen molar-refractivity contribution >= 4 is 32.8 Å². The lowest BCUT2D eigenvalue weighted by Gasteiger charge is -2.18. The summed E-state index contributed by atoms with van der Waals surface area (Å²) >= 11 is 0. The van der Waals surface area contributed by atoms with Crippen molar-refractivity contribution < 1.29 is 4.42 Å². The molecule has 1 aliphatic carbocycles. The van der Waals surface area contributed by atoms with E-state index in [0.29, 0.717) is 17.0 Å². The van der Waals surface area contributed by atoms with E-state index in [1.807, 2.05) is 19.2 Å². The number of benzene rings is 2. The Morgan fingerprint density at radius 3 is 2.59 bits per heavy atom. The average Bonchev–Trinajstić information content (AvgIpc) is 3.31. The van der Waals surface area contributed by atoms with Crippen LogP contribution in [0.2, 0.25) is 0 Å². The number of rotatable bonds is 2. The van der Waals surface area contributed by atoms with Gasteiger partial charge < -0.3 is 4.42 Å². The van der Waals surface area contributed by atoms with Gasteiger partial charge in [0.15, 0.2) is 0 Å². The molecule has 3 aromatic heterocycles. The van der Waals surface area contributed by atoms with E-state index in [9.17, 15) is 0 Å². The maximum absolute atomic E-state index is 6.30. The van der Waals surface area contributed by atoms with Crippen LogP contribution in [0.5, 0.6) is 0 Å². The van der Waals surface area contributed by atoms with Gasteiger partial charge in [0.25, 0.3) is 0 Å². The highest BCUT2D eigenvalue weighted by Gasteiger charge is 2.31. The van der Waals surface area contributed by atoms with Crippen LogP contribution in [0.3, 0.4) is 0 Å². The van der Waals surface area contributed by atoms with Gasteiger partial charge in [-0.3, -0.25) is 4.98 Å². The third-order valence-corrected chi connectivity index (χ3v) is 7.21. The molecule has 0 N–H and O–H groups in total. The Hall–Kier alpha value is -3.20. The minimum Gasteiger partial charge on any atom is -0.437 e. The highest BCUT2D eigenvalue weighted by molar-refractivity contribution is 6.11. The van der Waals surface area contributed by atoms with E-state index >= 15 is 0 Å². The number of pyridine rings is 2. The summed E-state index contributed by atoms with van der Waals surface area (Å²) in [6, 6.07) is 17.6. The van der Waals surface area contributed by atoms with E-state index in [1.165, 1.54) is 41.2 Å². The van der Waals surface area contributed by atoms with Crippen LogP contribution >= 0.6 is 0 Å². The average molecular weight is 421 g/mol. The summed E-state index contributed by atoms with van der Waals surface area (Å²) in [5, 5.41) is 4.58. The van der Waals surface area contributed by atoms with Gasteiger partial charge in [-0.1, -0.05) is 32.0 Å². The van der Waals surface area contributed by atoms with Crippen molar-refractivity contribution in [1.29, 1.82) is 0 Å². The number of hydrogen-bond donors (Lipinski definition) is 0. The summed E-state index contributed by atoms with van der Waals surface area (Å²) < 4.78 is 6.30. The Labute approximate surface area is 188 Å². The molecule has 0 aliphatic heterocycles. The Balaban J connectivity index is 1.54. The Bertz CT molecular complexity index is 1510. The summed E-state index contributed by atoms with van der Waals surface area (Å²) in [7, 11) is 0. The van der Waals surface area contributed by atoms with Crippen LogP contribution < -0.4 is 0 Å². The van der Waals surface area contributed by atoms with E-state index in [4.69, 9.17) is 9.40 Å². The summed E-state index contributed by atoms with van der Waals surface area (Å²) in [5.74, 6) is 0.654. The zero-order chi connectivity index (χ0) is 22.0. The third-order valence-electron chi connectivity index (χ3n) is 7.21. The van der Waals surface area contributed by atoms with Crippen molar-refractivity contribution in [3.05, 3.63) is 71.5 Å². The molecule has 1 atom stereocenters. The summed E-state index contributed by atoms with van der Waals surface area (Å²) in [4.78, 5) is 9.45. The normalized spacial score (nSPS) is 18.2. The molecule has 6 rings (SSSR count). The number of aromatic nitrogens is 2. The molecule has 0 saturated heterocycles. The maximum Gasteiger partial charge on any atom is 0.227 e. The number of nitrogens with zero attached hydrogens (tertiary/aromatic N) is 2. The van der Waals surface area contributed by atoms with Crippen molar-refractivity contribution in [2.75, 3.05) is 0 Å². The quantitative estimate of drug-likeness (QED) is 0.289. The van der Waals surface area contributed by atoms with Crippen LogP contribution in [0.25, 0.3) is 44.1 Å².